The van der Waals surface area contributed by atoms with Gasteiger partial charge in [-0.15, -0.1) is 0 Å². The van der Waals surface area contributed by atoms with Gasteiger partial charge in [0.05, 0.1) is 10.6 Å². The second-order valence-corrected chi connectivity index (χ2v) is 7.00. The number of hydrogen-bond acceptors (Lipinski definition) is 3. The van der Waals surface area contributed by atoms with Crippen LogP contribution in [0.15, 0.2) is 18.2 Å². The fourth-order valence-corrected chi connectivity index (χ4v) is 2.92. The van der Waals surface area contributed by atoms with Crippen molar-refractivity contribution in [2.45, 2.75) is 33.1 Å². The predicted molar refractivity (Wildman–Crippen MR) is 97.5 cm³/mol. The molecule has 1 saturated heterocycles. The Balaban J connectivity index is 1.91. The minimum atomic E-state index is -0.204. The average Bonchev–Trinajstić information content (AvgIpc) is 2.57. The summed E-state index contributed by atoms with van der Waals surface area (Å²) in [6.45, 7) is 6.38. The van der Waals surface area contributed by atoms with E-state index in [1.807, 2.05) is 13.8 Å². The second-order valence-electron chi connectivity index (χ2n) is 6.60. The van der Waals surface area contributed by atoms with Crippen molar-refractivity contribution in [2.24, 2.45) is 11.8 Å². The molecule has 0 aliphatic carbocycles. The van der Waals surface area contributed by atoms with E-state index in [0.29, 0.717) is 28.7 Å². The zero-order chi connectivity index (χ0) is 17.5. The molecule has 1 aliphatic heterocycles. The number of amides is 2. The van der Waals surface area contributed by atoms with Crippen molar-refractivity contribution in [1.82, 2.24) is 10.6 Å². The van der Waals surface area contributed by atoms with E-state index in [1.165, 1.54) is 12.8 Å². The van der Waals surface area contributed by atoms with E-state index in [-0.39, 0.29) is 17.7 Å². The van der Waals surface area contributed by atoms with Crippen molar-refractivity contribution in [3.05, 3.63) is 28.8 Å². The largest absolute Gasteiger partial charge is 0.352 e. The van der Waals surface area contributed by atoms with Gasteiger partial charge in [0.1, 0.15) is 0 Å². The fraction of sp³-hybridized carbons (Fsp3) is 0.556. The highest BCUT2D eigenvalue weighted by Crippen LogP contribution is 2.21. The molecule has 5 nitrogen and oxygen atoms in total. The van der Waals surface area contributed by atoms with E-state index in [2.05, 4.69) is 16.0 Å². The van der Waals surface area contributed by atoms with Gasteiger partial charge in [0.25, 0.3) is 5.91 Å². The summed E-state index contributed by atoms with van der Waals surface area (Å²) in [6, 6.07) is 4.96. The van der Waals surface area contributed by atoms with E-state index in [4.69, 9.17) is 11.6 Å². The molecule has 3 N–H and O–H groups in total. The Morgan fingerprint density at radius 1 is 1.38 bits per heavy atom. The maximum Gasteiger partial charge on any atom is 0.252 e. The minimum absolute atomic E-state index is 0.0894. The van der Waals surface area contributed by atoms with Crippen molar-refractivity contribution in [2.75, 3.05) is 25.0 Å². The zero-order valence-corrected chi connectivity index (χ0v) is 15.1. The molecular formula is C18H26ClN3O2. The molecule has 2 amide bonds. The molecule has 1 aromatic carbocycles. The van der Waals surface area contributed by atoms with Crippen LogP contribution in [0.1, 0.15) is 43.5 Å². The normalized spacial score (nSPS) is 17.6. The maximum atomic E-state index is 12.4. The van der Waals surface area contributed by atoms with E-state index < -0.39 is 0 Å². The zero-order valence-electron chi connectivity index (χ0n) is 14.3. The van der Waals surface area contributed by atoms with Gasteiger partial charge >= 0.3 is 0 Å². The van der Waals surface area contributed by atoms with Gasteiger partial charge < -0.3 is 16.0 Å². The van der Waals surface area contributed by atoms with Gasteiger partial charge in [0, 0.05) is 18.2 Å². The molecule has 6 heteroatoms. The van der Waals surface area contributed by atoms with Crippen molar-refractivity contribution >= 4 is 29.1 Å². The summed E-state index contributed by atoms with van der Waals surface area (Å²) in [6.07, 6.45) is 3.36. The number of benzene rings is 1. The number of piperidine rings is 1. The molecule has 0 spiro atoms. The highest BCUT2D eigenvalue weighted by atomic mass is 35.5. The second kappa shape index (κ2) is 9.04. The SMILES string of the molecule is CC(C)C(=O)Nc1ccc(Cl)c(C(=O)NCCC2CCCNC2)c1. The Hall–Kier alpha value is -1.59. The first kappa shape index (κ1) is 18.7. The van der Waals surface area contributed by atoms with Gasteiger partial charge in [-0.2, -0.15) is 0 Å². The van der Waals surface area contributed by atoms with Crippen LogP contribution in [0.2, 0.25) is 5.02 Å². The first-order valence-corrected chi connectivity index (χ1v) is 8.94. The fourth-order valence-electron chi connectivity index (χ4n) is 2.72. The molecule has 2 rings (SSSR count). The number of carbonyl (C=O) groups excluding carboxylic acids is 2. The Kier molecular flexibility index (Phi) is 7.06. The minimum Gasteiger partial charge on any atom is -0.352 e. The lowest BCUT2D eigenvalue weighted by molar-refractivity contribution is -0.118. The smallest absolute Gasteiger partial charge is 0.252 e. The van der Waals surface area contributed by atoms with Crippen molar-refractivity contribution in [3.63, 3.8) is 0 Å². The van der Waals surface area contributed by atoms with Gasteiger partial charge in [-0.05, 0) is 56.5 Å². The molecule has 1 heterocycles. The molecule has 1 aromatic rings. The molecule has 132 valence electrons. The van der Waals surface area contributed by atoms with Crippen LogP contribution < -0.4 is 16.0 Å². The summed E-state index contributed by atoms with van der Waals surface area (Å²) in [5.41, 5.74) is 0.972. The lowest BCUT2D eigenvalue weighted by Crippen LogP contribution is -2.33. The molecule has 24 heavy (non-hydrogen) atoms. The number of hydrogen-bond donors (Lipinski definition) is 3. The molecule has 0 saturated carbocycles. The van der Waals surface area contributed by atoms with E-state index >= 15 is 0 Å². The number of carbonyl (C=O) groups is 2. The molecule has 1 unspecified atom stereocenters. The van der Waals surface area contributed by atoms with Crippen LogP contribution in [-0.2, 0) is 4.79 Å². The van der Waals surface area contributed by atoms with Crippen molar-refractivity contribution < 1.29 is 9.59 Å². The molecule has 0 bridgehead atoms. The molecule has 0 aromatic heterocycles. The average molecular weight is 352 g/mol. The number of rotatable bonds is 6. The molecular weight excluding hydrogens is 326 g/mol. The quantitative estimate of drug-likeness (QED) is 0.737. The summed E-state index contributed by atoms with van der Waals surface area (Å²) in [5.74, 6) is 0.200. The van der Waals surface area contributed by atoms with E-state index in [1.54, 1.807) is 18.2 Å². The van der Waals surface area contributed by atoms with E-state index in [9.17, 15) is 9.59 Å². The van der Waals surface area contributed by atoms with Crippen molar-refractivity contribution in [1.29, 1.82) is 0 Å². The highest BCUT2D eigenvalue weighted by molar-refractivity contribution is 6.34. The van der Waals surface area contributed by atoms with Gasteiger partial charge in [0.2, 0.25) is 5.91 Å². The Bertz CT molecular complexity index is 584. The van der Waals surface area contributed by atoms with Crippen molar-refractivity contribution in [3.8, 4) is 0 Å². The van der Waals surface area contributed by atoms with Crippen LogP contribution >= 0.6 is 11.6 Å². The lowest BCUT2D eigenvalue weighted by Gasteiger charge is -2.22. The molecule has 1 fully saturated rings. The van der Waals surface area contributed by atoms with Gasteiger partial charge in [-0.1, -0.05) is 25.4 Å². The maximum absolute atomic E-state index is 12.4. The van der Waals surface area contributed by atoms with Crippen LogP contribution in [0.25, 0.3) is 0 Å². The summed E-state index contributed by atoms with van der Waals surface area (Å²) in [7, 11) is 0. The van der Waals surface area contributed by atoms with Crippen LogP contribution in [-0.4, -0.2) is 31.4 Å². The highest BCUT2D eigenvalue weighted by Gasteiger charge is 2.15. The Labute approximate surface area is 148 Å². The number of nitrogens with one attached hydrogen (secondary N) is 3. The number of halogens is 1. The summed E-state index contributed by atoms with van der Waals surface area (Å²) < 4.78 is 0. The summed E-state index contributed by atoms with van der Waals surface area (Å²) >= 11 is 6.13. The first-order valence-electron chi connectivity index (χ1n) is 8.56. The number of anilines is 1. The third-order valence-corrected chi connectivity index (χ3v) is 4.57. The summed E-state index contributed by atoms with van der Waals surface area (Å²) in [4.78, 5) is 24.1. The summed E-state index contributed by atoms with van der Waals surface area (Å²) in [5, 5.41) is 9.47. The molecule has 0 radical (unpaired) electrons. The third-order valence-electron chi connectivity index (χ3n) is 4.24. The Morgan fingerprint density at radius 3 is 2.83 bits per heavy atom. The van der Waals surface area contributed by atoms with Gasteiger partial charge in [-0.25, -0.2) is 0 Å². The van der Waals surface area contributed by atoms with Crippen LogP contribution in [0, 0.1) is 11.8 Å². The van der Waals surface area contributed by atoms with Crippen LogP contribution in [0.5, 0.6) is 0 Å². The van der Waals surface area contributed by atoms with Gasteiger partial charge in [0.15, 0.2) is 0 Å². The predicted octanol–water partition coefficient (Wildman–Crippen LogP) is 3.05. The monoisotopic (exact) mass is 351 g/mol. The standard InChI is InChI=1S/C18H26ClN3O2/c1-12(2)17(23)22-14-5-6-16(19)15(10-14)18(24)21-9-7-13-4-3-8-20-11-13/h5-6,10,12-13,20H,3-4,7-9,11H2,1-2H3,(H,21,24)(H,22,23). The van der Waals surface area contributed by atoms with Gasteiger partial charge in [-0.3, -0.25) is 9.59 Å². The molecule has 1 atom stereocenters. The first-order chi connectivity index (χ1) is 11.5. The molecule has 1 aliphatic rings. The van der Waals surface area contributed by atoms with Crippen LogP contribution in [0.3, 0.4) is 0 Å². The lowest BCUT2D eigenvalue weighted by atomic mass is 9.96. The third kappa shape index (κ3) is 5.49. The topological polar surface area (TPSA) is 70.2 Å². The Morgan fingerprint density at radius 2 is 2.17 bits per heavy atom. The van der Waals surface area contributed by atoms with E-state index in [0.717, 1.165) is 19.5 Å². The van der Waals surface area contributed by atoms with Crippen LogP contribution in [0.4, 0.5) is 5.69 Å².